The number of carbonyl (C=O) groups excluding carboxylic acids is 2. The van der Waals surface area contributed by atoms with Crippen molar-refractivity contribution in [3.63, 3.8) is 0 Å². The summed E-state index contributed by atoms with van der Waals surface area (Å²) in [6.07, 6.45) is 1.47. The monoisotopic (exact) mass is 534 g/mol. The Labute approximate surface area is 230 Å². The fraction of sp³-hybridized carbons (Fsp3) is 0.0312. The SMILES string of the molecule is O=C(NN=Cc1c(OC(=O)c2ccc(Cl)cc2)ccc2ccccc12)c1ccc(OCc2ccccc2)cc1. The summed E-state index contributed by atoms with van der Waals surface area (Å²) in [5.74, 6) is 0.0457. The minimum absolute atomic E-state index is 0.312. The second kappa shape index (κ2) is 12.1. The largest absolute Gasteiger partial charge is 0.489 e. The van der Waals surface area contributed by atoms with Crippen LogP contribution < -0.4 is 14.9 Å². The van der Waals surface area contributed by atoms with Crippen LogP contribution in [0.5, 0.6) is 11.5 Å². The molecule has 0 radical (unpaired) electrons. The van der Waals surface area contributed by atoms with Gasteiger partial charge in [0, 0.05) is 16.1 Å². The van der Waals surface area contributed by atoms with Gasteiger partial charge in [0.25, 0.3) is 5.91 Å². The van der Waals surface area contributed by atoms with E-state index in [0.29, 0.717) is 39.8 Å². The molecule has 0 aromatic heterocycles. The third-order valence-electron chi connectivity index (χ3n) is 5.94. The van der Waals surface area contributed by atoms with Gasteiger partial charge in [0.05, 0.1) is 11.8 Å². The molecule has 0 atom stereocenters. The lowest BCUT2D eigenvalue weighted by molar-refractivity contribution is 0.0734. The number of hydrogen-bond acceptors (Lipinski definition) is 5. The highest BCUT2D eigenvalue weighted by Gasteiger charge is 2.14. The number of nitrogens with zero attached hydrogens (tertiary/aromatic N) is 1. The van der Waals surface area contributed by atoms with Crippen molar-refractivity contribution in [3.05, 3.63) is 143 Å². The number of fused-ring (bicyclic) bond motifs is 1. The van der Waals surface area contributed by atoms with Crippen LogP contribution in [0.2, 0.25) is 5.02 Å². The van der Waals surface area contributed by atoms with Gasteiger partial charge in [-0.25, -0.2) is 10.2 Å². The number of benzene rings is 5. The zero-order valence-electron chi connectivity index (χ0n) is 20.7. The second-order valence-electron chi connectivity index (χ2n) is 8.59. The summed E-state index contributed by atoms with van der Waals surface area (Å²) >= 11 is 5.93. The summed E-state index contributed by atoms with van der Waals surface area (Å²) in [4.78, 5) is 25.4. The molecule has 0 aliphatic rings. The standard InChI is InChI=1S/C32H23ClN2O4/c33-26-15-10-25(11-16-26)32(37)39-30-19-14-23-8-4-5-9-28(23)29(30)20-34-35-31(36)24-12-17-27(18-13-24)38-21-22-6-2-1-3-7-22/h1-20H,21H2,(H,35,36). The molecule has 6 nitrogen and oxygen atoms in total. The number of amides is 1. The lowest BCUT2D eigenvalue weighted by Gasteiger charge is -2.11. The van der Waals surface area contributed by atoms with E-state index in [1.54, 1.807) is 54.6 Å². The molecule has 39 heavy (non-hydrogen) atoms. The molecule has 192 valence electrons. The third kappa shape index (κ3) is 6.50. The highest BCUT2D eigenvalue weighted by molar-refractivity contribution is 6.30. The van der Waals surface area contributed by atoms with E-state index in [4.69, 9.17) is 21.1 Å². The van der Waals surface area contributed by atoms with Crippen LogP contribution in [0.3, 0.4) is 0 Å². The molecule has 1 amide bonds. The quantitative estimate of drug-likeness (QED) is 0.100. The van der Waals surface area contributed by atoms with Gasteiger partial charge in [0.1, 0.15) is 18.1 Å². The maximum atomic E-state index is 12.7. The van der Waals surface area contributed by atoms with Crippen LogP contribution in [-0.2, 0) is 6.61 Å². The topological polar surface area (TPSA) is 77.0 Å². The van der Waals surface area contributed by atoms with Gasteiger partial charge >= 0.3 is 5.97 Å². The Morgan fingerprint density at radius 1 is 0.769 bits per heavy atom. The number of nitrogens with one attached hydrogen (secondary N) is 1. The van der Waals surface area contributed by atoms with Crippen LogP contribution >= 0.6 is 11.6 Å². The maximum absolute atomic E-state index is 12.7. The molecule has 0 fully saturated rings. The lowest BCUT2D eigenvalue weighted by atomic mass is 10.0. The normalized spacial score (nSPS) is 10.9. The fourth-order valence-electron chi connectivity index (χ4n) is 3.91. The van der Waals surface area contributed by atoms with E-state index in [0.717, 1.165) is 16.3 Å². The first-order valence-corrected chi connectivity index (χ1v) is 12.5. The van der Waals surface area contributed by atoms with E-state index >= 15 is 0 Å². The lowest BCUT2D eigenvalue weighted by Crippen LogP contribution is -2.17. The Balaban J connectivity index is 1.29. The molecule has 5 rings (SSSR count). The van der Waals surface area contributed by atoms with Crippen LogP contribution in [0, 0.1) is 0 Å². The molecule has 0 aliphatic carbocycles. The van der Waals surface area contributed by atoms with Crippen molar-refractivity contribution in [3.8, 4) is 11.5 Å². The van der Waals surface area contributed by atoms with Crippen LogP contribution in [0.4, 0.5) is 0 Å². The molecule has 5 aromatic carbocycles. The summed E-state index contributed by atoms with van der Waals surface area (Å²) in [5, 5.41) is 6.43. The Kier molecular flexibility index (Phi) is 7.95. The van der Waals surface area contributed by atoms with Crippen molar-refractivity contribution < 1.29 is 19.1 Å². The average Bonchev–Trinajstić information content (AvgIpc) is 2.98. The van der Waals surface area contributed by atoms with Gasteiger partial charge in [-0.1, -0.05) is 72.3 Å². The Morgan fingerprint density at radius 2 is 1.46 bits per heavy atom. The molecule has 0 bridgehead atoms. The molecule has 0 aliphatic heterocycles. The minimum Gasteiger partial charge on any atom is -0.489 e. The molecular formula is C32H23ClN2O4. The van der Waals surface area contributed by atoms with Crippen molar-refractivity contribution >= 4 is 40.5 Å². The summed E-state index contributed by atoms with van der Waals surface area (Å²) < 4.78 is 11.5. The molecule has 0 heterocycles. The van der Waals surface area contributed by atoms with Crippen LogP contribution in [-0.4, -0.2) is 18.1 Å². The van der Waals surface area contributed by atoms with Crippen molar-refractivity contribution in [2.75, 3.05) is 0 Å². The average molecular weight is 535 g/mol. The number of ether oxygens (including phenoxy) is 2. The van der Waals surface area contributed by atoms with E-state index in [1.807, 2.05) is 60.7 Å². The number of carbonyl (C=O) groups is 2. The highest BCUT2D eigenvalue weighted by atomic mass is 35.5. The zero-order valence-corrected chi connectivity index (χ0v) is 21.5. The van der Waals surface area contributed by atoms with Gasteiger partial charge in [0.15, 0.2) is 0 Å². The maximum Gasteiger partial charge on any atom is 0.343 e. The fourth-order valence-corrected chi connectivity index (χ4v) is 4.03. The molecule has 1 N–H and O–H groups in total. The van der Waals surface area contributed by atoms with Gasteiger partial charge in [0.2, 0.25) is 0 Å². The Hall–Kier alpha value is -4.94. The first-order valence-electron chi connectivity index (χ1n) is 12.2. The van der Waals surface area contributed by atoms with E-state index in [-0.39, 0.29) is 5.91 Å². The first-order chi connectivity index (χ1) is 19.1. The number of rotatable bonds is 8. The van der Waals surface area contributed by atoms with Gasteiger partial charge in [-0.2, -0.15) is 5.10 Å². The van der Waals surface area contributed by atoms with Crippen molar-refractivity contribution in [2.24, 2.45) is 5.10 Å². The van der Waals surface area contributed by atoms with Crippen LogP contribution in [0.25, 0.3) is 10.8 Å². The summed E-state index contributed by atoms with van der Waals surface area (Å²) in [5.41, 5.74) is 4.94. The number of halogens is 1. The molecule has 5 aromatic rings. The number of hydrazone groups is 1. The Morgan fingerprint density at radius 3 is 2.23 bits per heavy atom. The van der Waals surface area contributed by atoms with Gasteiger partial charge in [-0.05, 0) is 70.9 Å². The minimum atomic E-state index is -0.532. The van der Waals surface area contributed by atoms with Crippen LogP contribution in [0.1, 0.15) is 31.8 Å². The summed E-state index contributed by atoms with van der Waals surface area (Å²) in [6, 6.07) is 34.3. The molecule has 0 saturated carbocycles. The van der Waals surface area contributed by atoms with Crippen molar-refractivity contribution in [1.82, 2.24) is 5.43 Å². The van der Waals surface area contributed by atoms with E-state index in [9.17, 15) is 9.59 Å². The van der Waals surface area contributed by atoms with E-state index < -0.39 is 5.97 Å². The summed E-state index contributed by atoms with van der Waals surface area (Å²) in [7, 11) is 0. The molecule has 0 unspecified atom stereocenters. The predicted octanol–water partition coefficient (Wildman–Crippen LogP) is 7.06. The Bertz CT molecular complexity index is 1630. The molecule has 0 saturated heterocycles. The molecule has 0 spiro atoms. The van der Waals surface area contributed by atoms with Crippen molar-refractivity contribution in [2.45, 2.75) is 6.61 Å². The number of esters is 1. The first kappa shape index (κ1) is 25.7. The van der Waals surface area contributed by atoms with E-state index in [1.165, 1.54) is 6.21 Å². The van der Waals surface area contributed by atoms with Gasteiger partial charge in [-0.15, -0.1) is 0 Å². The molecule has 7 heteroatoms. The third-order valence-corrected chi connectivity index (χ3v) is 6.19. The number of hydrogen-bond donors (Lipinski definition) is 1. The van der Waals surface area contributed by atoms with Gasteiger partial charge < -0.3 is 9.47 Å². The smallest absolute Gasteiger partial charge is 0.343 e. The summed E-state index contributed by atoms with van der Waals surface area (Å²) in [6.45, 7) is 0.437. The van der Waals surface area contributed by atoms with E-state index in [2.05, 4.69) is 10.5 Å². The highest BCUT2D eigenvalue weighted by Crippen LogP contribution is 2.27. The predicted molar refractivity (Wildman–Crippen MR) is 153 cm³/mol. The van der Waals surface area contributed by atoms with Crippen molar-refractivity contribution in [1.29, 1.82) is 0 Å². The van der Waals surface area contributed by atoms with Gasteiger partial charge in [-0.3, -0.25) is 4.79 Å². The molecular weight excluding hydrogens is 512 g/mol. The van der Waals surface area contributed by atoms with Crippen LogP contribution in [0.15, 0.2) is 120 Å². The second-order valence-corrected chi connectivity index (χ2v) is 9.03. The zero-order chi connectivity index (χ0) is 27.0.